The molecule has 2 N–H and O–H groups in total. The lowest BCUT2D eigenvalue weighted by Crippen LogP contribution is -2.19. The largest absolute Gasteiger partial charge is 0.462 e. The Kier molecular flexibility index (Phi) is 7.82. The summed E-state index contributed by atoms with van der Waals surface area (Å²) in [5, 5.41) is 6.50. The molecule has 8 nitrogen and oxygen atoms in total. The first kappa shape index (κ1) is 24.9. The normalized spacial score (nSPS) is 12.2. The molecule has 182 valence electrons. The van der Waals surface area contributed by atoms with Gasteiger partial charge in [-0.3, -0.25) is 9.59 Å². The number of thioether (sulfide) groups is 1. The number of aromatic nitrogens is 2. The first-order valence-electron chi connectivity index (χ1n) is 11.3. The third-order valence-electron chi connectivity index (χ3n) is 5.57. The molecule has 0 saturated heterocycles. The highest BCUT2D eigenvalue weighted by atomic mass is 32.2. The van der Waals surface area contributed by atoms with Gasteiger partial charge in [-0.15, -0.1) is 11.3 Å². The Bertz CT molecular complexity index is 1270. The molecule has 0 aliphatic heterocycles. The molecule has 2 amide bonds. The number of amides is 2. The van der Waals surface area contributed by atoms with Gasteiger partial charge >= 0.3 is 5.97 Å². The van der Waals surface area contributed by atoms with Crippen LogP contribution in [0.5, 0.6) is 0 Å². The maximum Gasteiger partial charge on any atom is 0.348 e. The second-order valence-corrected chi connectivity index (χ2v) is 9.97. The standard InChI is InChI=1S/C25H26N4O4S2/c1-4-33-24(32)21-14(2)20(22(31)27-16-9-6-5-7-10-16)23(35-21)29-19(30)13-34-25-26-15(3)17-11-8-12-18(17)28-25/h5-7,9-10H,4,8,11-13H2,1-3H3,(H,27,31)(H,29,30). The SMILES string of the molecule is CCOC(=O)c1sc(NC(=O)CSc2nc(C)c3c(n2)CCC3)c(C(=O)Nc2ccccc2)c1C. The van der Waals surface area contributed by atoms with Crippen molar-refractivity contribution in [1.29, 1.82) is 0 Å². The molecule has 1 aliphatic carbocycles. The number of hydrogen-bond acceptors (Lipinski definition) is 8. The number of carbonyl (C=O) groups excluding carboxylic acids is 3. The molecule has 0 unspecified atom stereocenters. The Balaban J connectivity index is 1.52. The number of hydrogen-bond donors (Lipinski definition) is 2. The number of nitrogens with one attached hydrogen (secondary N) is 2. The van der Waals surface area contributed by atoms with Gasteiger partial charge in [0.15, 0.2) is 5.16 Å². The van der Waals surface area contributed by atoms with Crippen LogP contribution in [0.2, 0.25) is 0 Å². The molecule has 0 fully saturated rings. The summed E-state index contributed by atoms with van der Waals surface area (Å²) in [6.45, 7) is 5.57. The zero-order valence-electron chi connectivity index (χ0n) is 19.8. The smallest absolute Gasteiger partial charge is 0.348 e. The molecule has 0 bridgehead atoms. The Labute approximate surface area is 211 Å². The van der Waals surface area contributed by atoms with Crippen molar-refractivity contribution in [2.24, 2.45) is 0 Å². The van der Waals surface area contributed by atoms with Gasteiger partial charge < -0.3 is 15.4 Å². The summed E-state index contributed by atoms with van der Waals surface area (Å²) in [6, 6.07) is 8.99. The Morgan fingerprint density at radius 2 is 1.86 bits per heavy atom. The third kappa shape index (κ3) is 5.71. The number of esters is 1. The fourth-order valence-electron chi connectivity index (χ4n) is 3.93. The van der Waals surface area contributed by atoms with Gasteiger partial charge in [0.1, 0.15) is 9.88 Å². The second-order valence-electron chi connectivity index (χ2n) is 8.01. The molecule has 4 rings (SSSR count). The molecular formula is C25H26N4O4S2. The second kappa shape index (κ2) is 11.0. The lowest BCUT2D eigenvalue weighted by Gasteiger charge is -2.09. The van der Waals surface area contributed by atoms with Gasteiger partial charge in [-0.25, -0.2) is 14.8 Å². The minimum atomic E-state index is -0.527. The lowest BCUT2D eigenvalue weighted by molar-refractivity contribution is -0.113. The quantitative estimate of drug-likeness (QED) is 0.254. The van der Waals surface area contributed by atoms with Crippen molar-refractivity contribution >= 4 is 51.6 Å². The number of para-hydroxylation sites is 1. The van der Waals surface area contributed by atoms with E-state index in [-0.39, 0.29) is 28.7 Å². The zero-order valence-corrected chi connectivity index (χ0v) is 21.4. The van der Waals surface area contributed by atoms with Gasteiger partial charge in [0.2, 0.25) is 5.91 Å². The molecular weight excluding hydrogens is 484 g/mol. The van der Waals surface area contributed by atoms with Gasteiger partial charge in [0, 0.05) is 17.1 Å². The molecule has 2 aromatic heterocycles. The predicted octanol–water partition coefficient (Wildman–Crippen LogP) is 4.80. The van der Waals surface area contributed by atoms with Gasteiger partial charge in [-0.2, -0.15) is 0 Å². The Morgan fingerprint density at radius 3 is 2.60 bits per heavy atom. The molecule has 0 radical (unpaired) electrons. The number of nitrogens with zero attached hydrogens (tertiary/aromatic N) is 2. The summed E-state index contributed by atoms with van der Waals surface area (Å²) >= 11 is 2.28. The van der Waals surface area contributed by atoms with Crippen LogP contribution in [0.25, 0.3) is 0 Å². The number of ether oxygens (including phenoxy) is 1. The number of fused-ring (bicyclic) bond motifs is 1. The molecule has 1 aliphatic rings. The first-order valence-corrected chi connectivity index (χ1v) is 13.1. The minimum absolute atomic E-state index is 0.0731. The van der Waals surface area contributed by atoms with E-state index in [4.69, 9.17) is 4.74 Å². The topological polar surface area (TPSA) is 110 Å². The van der Waals surface area contributed by atoms with E-state index in [1.807, 2.05) is 25.1 Å². The van der Waals surface area contributed by atoms with Gasteiger partial charge in [-0.1, -0.05) is 30.0 Å². The minimum Gasteiger partial charge on any atom is -0.462 e. The summed E-state index contributed by atoms with van der Waals surface area (Å²) < 4.78 is 5.14. The summed E-state index contributed by atoms with van der Waals surface area (Å²) in [4.78, 5) is 47.8. The van der Waals surface area contributed by atoms with E-state index < -0.39 is 11.9 Å². The number of benzene rings is 1. The van der Waals surface area contributed by atoms with Crippen molar-refractivity contribution in [2.75, 3.05) is 23.0 Å². The first-order chi connectivity index (χ1) is 16.9. The molecule has 0 spiro atoms. The molecule has 0 saturated carbocycles. The van der Waals surface area contributed by atoms with Crippen molar-refractivity contribution in [1.82, 2.24) is 9.97 Å². The van der Waals surface area contributed by atoms with Gasteiger partial charge in [0.25, 0.3) is 5.91 Å². The maximum atomic E-state index is 13.1. The number of rotatable bonds is 8. The highest BCUT2D eigenvalue weighted by Gasteiger charge is 2.27. The Hall–Kier alpha value is -3.24. The van der Waals surface area contributed by atoms with E-state index in [2.05, 4.69) is 20.6 Å². The molecule has 0 atom stereocenters. The molecule has 2 heterocycles. The van der Waals surface area contributed by atoms with Crippen molar-refractivity contribution in [3.05, 3.63) is 63.3 Å². The number of aryl methyl sites for hydroxylation is 2. The van der Waals surface area contributed by atoms with E-state index in [1.165, 1.54) is 17.3 Å². The lowest BCUT2D eigenvalue weighted by atomic mass is 10.1. The predicted molar refractivity (Wildman–Crippen MR) is 138 cm³/mol. The molecule has 10 heteroatoms. The van der Waals surface area contributed by atoms with Crippen LogP contribution in [0.4, 0.5) is 10.7 Å². The van der Waals surface area contributed by atoms with Crippen molar-refractivity contribution in [3.63, 3.8) is 0 Å². The molecule has 35 heavy (non-hydrogen) atoms. The Morgan fingerprint density at radius 1 is 1.09 bits per heavy atom. The summed E-state index contributed by atoms with van der Waals surface area (Å²) in [5.74, 6) is -1.19. The van der Waals surface area contributed by atoms with Crippen molar-refractivity contribution in [2.45, 2.75) is 45.2 Å². The highest BCUT2D eigenvalue weighted by Crippen LogP contribution is 2.35. The van der Waals surface area contributed by atoms with Gasteiger partial charge in [-0.05, 0) is 63.3 Å². The fourth-order valence-corrected chi connectivity index (χ4v) is 5.75. The van der Waals surface area contributed by atoms with Crippen LogP contribution < -0.4 is 10.6 Å². The van der Waals surface area contributed by atoms with Crippen molar-refractivity contribution in [3.8, 4) is 0 Å². The summed E-state index contributed by atoms with van der Waals surface area (Å²) in [5.41, 5.74) is 4.55. The van der Waals surface area contributed by atoms with E-state index in [0.717, 1.165) is 42.0 Å². The van der Waals surface area contributed by atoms with Gasteiger partial charge in [0.05, 0.1) is 17.9 Å². The van der Waals surface area contributed by atoms with Crippen molar-refractivity contribution < 1.29 is 19.1 Å². The van der Waals surface area contributed by atoms with Crippen LogP contribution in [0, 0.1) is 13.8 Å². The highest BCUT2D eigenvalue weighted by molar-refractivity contribution is 7.99. The zero-order chi connectivity index (χ0) is 24.9. The van der Waals surface area contributed by atoms with E-state index in [9.17, 15) is 14.4 Å². The summed E-state index contributed by atoms with van der Waals surface area (Å²) in [7, 11) is 0. The van der Waals surface area contributed by atoms with E-state index in [1.54, 1.807) is 26.0 Å². The number of thiophene rings is 1. The van der Waals surface area contributed by atoms with Crippen LogP contribution in [-0.2, 0) is 22.4 Å². The third-order valence-corrected chi connectivity index (χ3v) is 7.61. The van der Waals surface area contributed by atoms with Crippen LogP contribution in [0.1, 0.15) is 55.9 Å². The monoisotopic (exact) mass is 510 g/mol. The van der Waals surface area contributed by atoms with E-state index in [0.29, 0.717) is 21.4 Å². The summed E-state index contributed by atoms with van der Waals surface area (Å²) in [6.07, 6.45) is 3.01. The average Bonchev–Trinajstić information content (AvgIpc) is 3.43. The number of carbonyl (C=O) groups is 3. The van der Waals surface area contributed by atoms with E-state index >= 15 is 0 Å². The van der Waals surface area contributed by atoms with Crippen LogP contribution in [0.15, 0.2) is 35.5 Å². The fraction of sp³-hybridized carbons (Fsp3) is 0.320. The molecule has 1 aromatic carbocycles. The van der Waals surface area contributed by atoms with Crippen LogP contribution in [0.3, 0.4) is 0 Å². The number of anilines is 2. The van der Waals surface area contributed by atoms with Crippen LogP contribution >= 0.6 is 23.1 Å². The molecule has 3 aromatic rings. The maximum absolute atomic E-state index is 13.1. The average molecular weight is 511 g/mol. The van der Waals surface area contributed by atoms with Crippen LogP contribution in [-0.4, -0.2) is 40.1 Å².